The first-order valence-electron chi connectivity index (χ1n) is 5.51. The number of aryl methyl sites for hydroxylation is 1. The van der Waals surface area contributed by atoms with Crippen LogP contribution < -0.4 is 5.73 Å². The number of nitro groups is 1. The van der Waals surface area contributed by atoms with Crippen molar-refractivity contribution in [1.29, 1.82) is 0 Å². The highest BCUT2D eigenvalue weighted by molar-refractivity contribution is 6.03. The van der Waals surface area contributed by atoms with E-state index in [2.05, 4.69) is 4.98 Å². The molecule has 1 aromatic heterocycles. The summed E-state index contributed by atoms with van der Waals surface area (Å²) in [6, 6.07) is 8.63. The van der Waals surface area contributed by atoms with Crippen LogP contribution in [0.1, 0.15) is 16.1 Å². The van der Waals surface area contributed by atoms with E-state index in [9.17, 15) is 14.9 Å². The van der Waals surface area contributed by atoms with Crippen LogP contribution in [0.5, 0.6) is 0 Å². The first-order chi connectivity index (χ1) is 9.02. The third-order valence-electron chi connectivity index (χ3n) is 2.75. The monoisotopic (exact) mass is 257 g/mol. The Labute approximate surface area is 109 Å². The van der Waals surface area contributed by atoms with Gasteiger partial charge in [-0.2, -0.15) is 0 Å². The van der Waals surface area contributed by atoms with E-state index in [1.807, 2.05) is 0 Å². The molecule has 1 aromatic carbocycles. The van der Waals surface area contributed by atoms with Crippen LogP contribution in [0.2, 0.25) is 0 Å². The van der Waals surface area contributed by atoms with E-state index in [1.54, 1.807) is 37.3 Å². The molecule has 1 heterocycles. The molecular weight excluding hydrogens is 246 g/mol. The van der Waals surface area contributed by atoms with E-state index >= 15 is 0 Å². The number of rotatable bonds is 3. The lowest BCUT2D eigenvalue weighted by Gasteiger charge is -2.09. The second-order valence-corrected chi connectivity index (χ2v) is 3.97. The van der Waals surface area contributed by atoms with Gasteiger partial charge in [-0.05, 0) is 12.5 Å². The number of aromatic nitrogens is 1. The Morgan fingerprint density at radius 2 is 1.95 bits per heavy atom. The smallest absolute Gasteiger partial charge is 0.296 e. The number of amides is 1. The van der Waals surface area contributed by atoms with Crippen molar-refractivity contribution >= 4 is 11.6 Å². The highest BCUT2D eigenvalue weighted by Gasteiger charge is 2.24. The molecule has 0 aliphatic carbocycles. The fourth-order valence-corrected chi connectivity index (χ4v) is 1.93. The maximum absolute atomic E-state index is 11.6. The summed E-state index contributed by atoms with van der Waals surface area (Å²) in [6.45, 7) is 1.59. The zero-order valence-electron chi connectivity index (χ0n) is 10.2. The van der Waals surface area contributed by atoms with Gasteiger partial charge in [-0.3, -0.25) is 19.9 Å². The summed E-state index contributed by atoms with van der Waals surface area (Å²) in [4.78, 5) is 25.9. The molecule has 6 heteroatoms. The Bertz CT molecular complexity index is 654. The van der Waals surface area contributed by atoms with Crippen molar-refractivity contribution in [2.45, 2.75) is 6.92 Å². The number of nitrogens with two attached hydrogens (primary N) is 1. The zero-order chi connectivity index (χ0) is 14.0. The summed E-state index contributed by atoms with van der Waals surface area (Å²) in [5, 5.41) is 11.1. The number of hydrogen-bond acceptors (Lipinski definition) is 4. The largest absolute Gasteiger partial charge is 0.366 e. The Kier molecular flexibility index (Phi) is 3.24. The maximum atomic E-state index is 11.6. The zero-order valence-corrected chi connectivity index (χ0v) is 10.2. The third-order valence-corrected chi connectivity index (χ3v) is 2.75. The highest BCUT2D eigenvalue weighted by atomic mass is 16.6. The number of benzene rings is 1. The number of nitrogens with zero attached hydrogens (tertiary/aromatic N) is 2. The summed E-state index contributed by atoms with van der Waals surface area (Å²) in [5.74, 6) is -0.729. The molecule has 6 nitrogen and oxygen atoms in total. The molecule has 2 rings (SSSR count). The SMILES string of the molecule is Cc1ncc([N+](=O)[O-])c(-c2ccccc2)c1C(N)=O. The molecule has 0 saturated carbocycles. The van der Waals surface area contributed by atoms with Crippen LogP contribution in [0.15, 0.2) is 36.5 Å². The van der Waals surface area contributed by atoms with Crippen LogP contribution in [-0.2, 0) is 0 Å². The lowest BCUT2D eigenvalue weighted by Crippen LogP contribution is -2.16. The van der Waals surface area contributed by atoms with Crippen molar-refractivity contribution in [2.24, 2.45) is 5.73 Å². The summed E-state index contributed by atoms with van der Waals surface area (Å²) in [7, 11) is 0. The topological polar surface area (TPSA) is 99.1 Å². The summed E-state index contributed by atoms with van der Waals surface area (Å²) in [5.41, 5.74) is 6.32. The van der Waals surface area contributed by atoms with Crippen LogP contribution in [0.25, 0.3) is 11.1 Å². The summed E-state index contributed by atoms with van der Waals surface area (Å²) in [6.07, 6.45) is 1.14. The van der Waals surface area contributed by atoms with E-state index in [4.69, 9.17) is 5.73 Å². The quantitative estimate of drug-likeness (QED) is 0.671. The van der Waals surface area contributed by atoms with Crippen LogP contribution in [-0.4, -0.2) is 15.8 Å². The Morgan fingerprint density at radius 3 is 2.47 bits per heavy atom. The molecule has 0 spiro atoms. The molecule has 0 radical (unpaired) electrons. The van der Waals surface area contributed by atoms with Crippen LogP contribution >= 0.6 is 0 Å². The molecule has 0 fully saturated rings. The summed E-state index contributed by atoms with van der Waals surface area (Å²) < 4.78 is 0. The van der Waals surface area contributed by atoms with E-state index < -0.39 is 10.8 Å². The average Bonchev–Trinajstić information content (AvgIpc) is 2.38. The lowest BCUT2D eigenvalue weighted by molar-refractivity contribution is -0.384. The van der Waals surface area contributed by atoms with E-state index in [0.29, 0.717) is 11.3 Å². The van der Waals surface area contributed by atoms with Crippen molar-refractivity contribution < 1.29 is 9.72 Å². The predicted octanol–water partition coefficient (Wildman–Crippen LogP) is 2.06. The molecule has 0 aliphatic rings. The standard InChI is InChI=1S/C13H11N3O3/c1-8-11(13(14)17)12(9-5-3-2-4-6-9)10(7-15-8)16(18)19/h2-7H,1H3,(H2,14,17). The van der Waals surface area contributed by atoms with Gasteiger partial charge in [0.05, 0.1) is 21.7 Å². The van der Waals surface area contributed by atoms with E-state index in [-0.39, 0.29) is 16.8 Å². The van der Waals surface area contributed by atoms with Crippen molar-refractivity contribution in [1.82, 2.24) is 4.98 Å². The Balaban J connectivity index is 2.85. The van der Waals surface area contributed by atoms with Gasteiger partial charge in [0, 0.05) is 0 Å². The minimum absolute atomic E-state index is 0.0837. The molecule has 0 bridgehead atoms. The van der Waals surface area contributed by atoms with Gasteiger partial charge in [-0.15, -0.1) is 0 Å². The van der Waals surface area contributed by atoms with E-state index in [0.717, 1.165) is 6.20 Å². The van der Waals surface area contributed by atoms with Crippen molar-refractivity contribution in [3.05, 3.63) is 57.9 Å². The number of pyridine rings is 1. The first-order valence-corrected chi connectivity index (χ1v) is 5.51. The Morgan fingerprint density at radius 1 is 1.32 bits per heavy atom. The normalized spacial score (nSPS) is 10.2. The molecule has 0 atom stereocenters. The minimum atomic E-state index is -0.729. The van der Waals surface area contributed by atoms with Crippen LogP contribution in [0.3, 0.4) is 0 Å². The molecular formula is C13H11N3O3. The van der Waals surface area contributed by atoms with Gasteiger partial charge in [0.25, 0.3) is 11.6 Å². The van der Waals surface area contributed by atoms with E-state index in [1.165, 1.54) is 0 Å². The van der Waals surface area contributed by atoms with Gasteiger partial charge in [0.15, 0.2) is 0 Å². The molecule has 0 aliphatic heterocycles. The van der Waals surface area contributed by atoms with Crippen molar-refractivity contribution in [3.63, 3.8) is 0 Å². The molecule has 2 N–H and O–H groups in total. The van der Waals surface area contributed by atoms with Gasteiger partial charge in [0.1, 0.15) is 6.20 Å². The van der Waals surface area contributed by atoms with Crippen molar-refractivity contribution in [3.8, 4) is 11.1 Å². The number of hydrogen-bond donors (Lipinski definition) is 1. The Hall–Kier alpha value is -2.76. The first kappa shape index (κ1) is 12.7. The molecule has 1 amide bonds. The number of carbonyl (C=O) groups is 1. The second-order valence-electron chi connectivity index (χ2n) is 3.97. The fraction of sp³-hybridized carbons (Fsp3) is 0.0769. The molecule has 0 unspecified atom stereocenters. The molecule has 2 aromatic rings. The molecule has 96 valence electrons. The van der Waals surface area contributed by atoms with Crippen LogP contribution in [0, 0.1) is 17.0 Å². The average molecular weight is 257 g/mol. The maximum Gasteiger partial charge on any atom is 0.296 e. The van der Waals surface area contributed by atoms with Crippen LogP contribution in [0.4, 0.5) is 5.69 Å². The second kappa shape index (κ2) is 4.85. The third kappa shape index (κ3) is 2.28. The lowest BCUT2D eigenvalue weighted by atomic mass is 9.97. The summed E-state index contributed by atoms with van der Waals surface area (Å²) >= 11 is 0. The van der Waals surface area contributed by atoms with Gasteiger partial charge in [0.2, 0.25) is 0 Å². The highest BCUT2D eigenvalue weighted by Crippen LogP contribution is 2.33. The van der Waals surface area contributed by atoms with Gasteiger partial charge in [-0.25, -0.2) is 0 Å². The van der Waals surface area contributed by atoms with Crippen molar-refractivity contribution in [2.75, 3.05) is 0 Å². The number of primary amides is 1. The fourth-order valence-electron chi connectivity index (χ4n) is 1.93. The van der Waals surface area contributed by atoms with Gasteiger partial charge in [-0.1, -0.05) is 30.3 Å². The van der Waals surface area contributed by atoms with Gasteiger partial charge < -0.3 is 5.73 Å². The van der Waals surface area contributed by atoms with Gasteiger partial charge >= 0.3 is 0 Å². The predicted molar refractivity (Wildman–Crippen MR) is 69.6 cm³/mol. The molecule has 0 saturated heterocycles. The minimum Gasteiger partial charge on any atom is -0.366 e. The number of carbonyl (C=O) groups excluding carboxylic acids is 1. The molecule has 19 heavy (non-hydrogen) atoms.